The smallest absolute Gasteiger partial charge is 0.187 e. The summed E-state index contributed by atoms with van der Waals surface area (Å²) < 4.78 is 26.7. The molecule has 0 aromatic rings. The third-order valence-electron chi connectivity index (χ3n) is 5.98. The summed E-state index contributed by atoms with van der Waals surface area (Å²) in [4.78, 5) is 0. The lowest BCUT2D eigenvalue weighted by Crippen LogP contribution is -2.65. The zero-order chi connectivity index (χ0) is 24.4. The topological polar surface area (TPSA) is 248 Å². The van der Waals surface area contributed by atoms with Gasteiger partial charge in [-0.25, -0.2) is 0 Å². The molecule has 0 amide bonds. The van der Waals surface area contributed by atoms with E-state index in [-0.39, 0.29) is 6.42 Å². The molecule has 3 aliphatic rings. The Morgan fingerprint density at radius 3 is 1.70 bits per heavy atom. The van der Waals surface area contributed by atoms with E-state index >= 15 is 0 Å². The van der Waals surface area contributed by atoms with Gasteiger partial charge in [0, 0.05) is 6.42 Å². The molecule has 0 aromatic heterocycles. The molecule has 3 fully saturated rings. The lowest BCUT2D eigenvalue weighted by Gasteiger charge is -2.47. The maximum atomic E-state index is 10.7. The molecule has 6 unspecified atom stereocenters. The maximum Gasteiger partial charge on any atom is 0.187 e. The number of ether oxygens (including phenoxy) is 5. The molecular formula is C18H32O15. The second kappa shape index (κ2) is 11.4. The van der Waals surface area contributed by atoms with Gasteiger partial charge >= 0.3 is 0 Å². The zero-order valence-corrected chi connectivity index (χ0v) is 17.4. The first-order valence-corrected chi connectivity index (χ1v) is 10.5. The monoisotopic (exact) mass is 488 g/mol. The molecule has 10 N–H and O–H groups in total. The Labute approximate surface area is 187 Å². The van der Waals surface area contributed by atoms with E-state index in [4.69, 9.17) is 23.7 Å². The van der Waals surface area contributed by atoms with Crippen LogP contribution in [0.25, 0.3) is 0 Å². The summed E-state index contributed by atoms with van der Waals surface area (Å²) in [6.07, 6.45) is -21.5. The molecule has 3 heterocycles. The molecule has 15 heteroatoms. The summed E-state index contributed by atoms with van der Waals surface area (Å²) in [7, 11) is 0. The van der Waals surface area contributed by atoms with Crippen molar-refractivity contribution in [2.24, 2.45) is 0 Å². The van der Waals surface area contributed by atoms with Crippen molar-refractivity contribution in [3.05, 3.63) is 0 Å². The van der Waals surface area contributed by atoms with E-state index < -0.39 is 106 Å². The number of hydrogen-bond acceptors (Lipinski definition) is 15. The highest BCUT2D eigenvalue weighted by molar-refractivity contribution is 4.95. The minimum atomic E-state index is -1.82. The Kier molecular flexibility index (Phi) is 9.35. The predicted molar refractivity (Wildman–Crippen MR) is 99.9 cm³/mol. The highest BCUT2D eigenvalue weighted by Crippen LogP contribution is 2.32. The summed E-state index contributed by atoms with van der Waals surface area (Å²) >= 11 is 0. The normalized spacial score (nSPS) is 51.5. The fourth-order valence-electron chi connectivity index (χ4n) is 4.00. The third-order valence-corrected chi connectivity index (χ3v) is 5.98. The molecule has 0 spiro atoms. The van der Waals surface area contributed by atoms with E-state index in [0.29, 0.717) is 0 Å². The van der Waals surface area contributed by atoms with Gasteiger partial charge in [-0.2, -0.15) is 0 Å². The van der Waals surface area contributed by atoms with Crippen LogP contribution in [-0.2, 0) is 23.7 Å². The minimum Gasteiger partial charge on any atom is -0.394 e. The van der Waals surface area contributed by atoms with Gasteiger partial charge in [-0.15, -0.1) is 0 Å². The van der Waals surface area contributed by atoms with Crippen molar-refractivity contribution in [2.75, 3.05) is 19.8 Å². The van der Waals surface area contributed by atoms with Crippen molar-refractivity contribution in [1.82, 2.24) is 0 Å². The molecule has 0 bridgehead atoms. The van der Waals surface area contributed by atoms with E-state index in [1.807, 2.05) is 0 Å². The molecule has 33 heavy (non-hydrogen) atoms. The van der Waals surface area contributed by atoms with Gasteiger partial charge in [0.1, 0.15) is 61.0 Å². The van der Waals surface area contributed by atoms with Crippen LogP contribution >= 0.6 is 0 Å². The lowest BCUT2D eigenvalue weighted by atomic mass is 9.96. The van der Waals surface area contributed by atoms with Gasteiger partial charge in [0.2, 0.25) is 0 Å². The van der Waals surface area contributed by atoms with Gasteiger partial charge < -0.3 is 74.7 Å². The van der Waals surface area contributed by atoms with E-state index in [0.717, 1.165) is 0 Å². The molecule has 3 rings (SSSR count). The van der Waals surface area contributed by atoms with Gasteiger partial charge in [0.05, 0.1) is 25.9 Å². The molecule has 0 aliphatic carbocycles. The van der Waals surface area contributed by atoms with Crippen LogP contribution in [0.4, 0.5) is 0 Å². The van der Waals surface area contributed by atoms with Crippen molar-refractivity contribution in [2.45, 2.75) is 92.4 Å². The Morgan fingerprint density at radius 2 is 1.12 bits per heavy atom. The molecule has 0 saturated carbocycles. The first-order valence-electron chi connectivity index (χ1n) is 10.5. The quantitative estimate of drug-likeness (QED) is 0.160. The summed E-state index contributed by atoms with van der Waals surface area (Å²) in [6, 6.07) is 0. The summed E-state index contributed by atoms with van der Waals surface area (Å²) in [5.74, 6) is 0. The van der Waals surface area contributed by atoms with Crippen LogP contribution < -0.4 is 0 Å². The van der Waals surface area contributed by atoms with Crippen LogP contribution in [0.1, 0.15) is 6.42 Å². The maximum absolute atomic E-state index is 10.7. The highest BCUT2D eigenvalue weighted by atomic mass is 16.7. The Hall–Kier alpha value is -0.600. The summed E-state index contributed by atoms with van der Waals surface area (Å²) in [6.45, 7) is -2.07. The van der Waals surface area contributed by atoms with Crippen LogP contribution in [0.15, 0.2) is 0 Å². The summed E-state index contributed by atoms with van der Waals surface area (Å²) in [5, 5.41) is 99.0. The van der Waals surface area contributed by atoms with Crippen molar-refractivity contribution in [1.29, 1.82) is 0 Å². The average Bonchev–Trinajstić information content (AvgIpc) is 2.80. The third kappa shape index (κ3) is 5.64. The van der Waals surface area contributed by atoms with Crippen molar-refractivity contribution < 1.29 is 74.7 Å². The molecule has 194 valence electrons. The van der Waals surface area contributed by atoms with Gasteiger partial charge in [-0.1, -0.05) is 0 Å². The molecule has 0 aromatic carbocycles. The fraction of sp³-hybridized carbons (Fsp3) is 1.00. The van der Waals surface area contributed by atoms with Crippen molar-refractivity contribution in [3.8, 4) is 0 Å². The average molecular weight is 488 g/mol. The van der Waals surface area contributed by atoms with Crippen LogP contribution in [0.5, 0.6) is 0 Å². The number of hydrogen-bond donors (Lipinski definition) is 10. The zero-order valence-electron chi connectivity index (χ0n) is 17.4. The molecule has 3 saturated heterocycles. The predicted octanol–water partition coefficient (Wildman–Crippen LogP) is -6.54. The molecule has 0 radical (unpaired) electrons. The van der Waals surface area contributed by atoms with Gasteiger partial charge in [-0.3, -0.25) is 0 Å². The van der Waals surface area contributed by atoms with E-state index in [2.05, 4.69) is 0 Å². The number of rotatable bonds is 7. The Balaban J connectivity index is 1.75. The minimum absolute atomic E-state index is 0.205. The van der Waals surface area contributed by atoms with Crippen LogP contribution in [0, 0.1) is 0 Å². The van der Waals surface area contributed by atoms with Crippen molar-refractivity contribution >= 4 is 0 Å². The number of aliphatic hydroxyl groups excluding tert-OH is 10. The SMILES string of the molecule is OCC1O[C@@H](O)C(O)C[C@@H]1O[C@@H]1OC(CO)[C@H](O)[C@H](O[C@H]2OC(CO)[C@H](O)[C@H](O)C2O)C1O. The second-order valence-corrected chi connectivity index (χ2v) is 8.23. The van der Waals surface area contributed by atoms with E-state index in [1.54, 1.807) is 0 Å². The van der Waals surface area contributed by atoms with Crippen molar-refractivity contribution in [3.63, 3.8) is 0 Å². The fourth-order valence-corrected chi connectivity index (χ4v) is 4.00. The van der Waals surface area contributed by atoms with E-state index in [1.165, 1.54) is 0 Å². The Morgan fingerprint density at radius 1 is 0.576 bits per heavy atom. The first kappa shape index (κ1) is 27.0. The van der Waals surface area contributed by atoms with Gasteiger partial charge in [-0.05, 0) is 0 Å². The standard InChI is InChI=1S/C18H32O15/c19-2-7-6(1-5(22)16(28)29-7)30-18-14(27)15(11(24)9(4-21)32-18)33-17-13(26)12(25)10(23)8(3-20)31-17/h5-28H,1-4H2/t5?,6-,7?,8?,9?,10-,11-,12-,13?,14?,15-,16+,17+,18+/m0/s1. The van der Waals surface area contributed by atoms with Gasteiger partial charge in [0.15, 0.2) is 18.9 Å². The van der Waals surface area contributed by atoms with Crippen LogP contribution in [0.3, 0.4) is 0 Å². The lowest BCUT2D eigenvalue weighted by molar-refractivity contribution is -0.371. The van der Waals surface area contributed by atoms with Gasteiger partial charge in [0.25, 0.3) is 0 Å². The number of aliphatic hydroxyl groups is 10. The highest BCUT2D eigenvalue weighted by Gasteiger charge is 2.52. The molecule has 15 nitrogen and oxygen atoms in total. The van der Waals surface area contributed by atoms with Crippen LogP contribution in [0.2, 0.25) is 0 Å². The van der Waals surface area contributed by atoms with E-state index in [9.17, 15) is 51.1 Å². The largest absolute Gasteiger partial charge is 0.394 e. The second-order valence-electron chi connectivity index (χ2n) is 8.23. The molecule has 3 aliphatic heterocycles. The summed E-state index contributed by atoms with van der Waals surface area (Å²) in [5.41, 5.74) is 0. The molecular weight excluding hydrogens is 456 g/mol. The van der Waals surface area contributed by atoms with Crippen LogP contribution in [-0.4, -0.2) is 157 Å². The Bertz CT molecular complexity index is 609. The molecule has 14 atom stereocenters. The first-order chi connectivity index (χ1) is 15.6.